The van der Waals surface area contributed by atoms with Gasteiger partial charge in [-0.15, -0.1) is 0 Å². The molecule has 3 nitrogen and oxygen atoms in total. The lowest BCUT2D eigenvalue weighted by molar-refractivity contribution is -0.423. The molecule has 0 saturated heterocycles. The van der Waals surface area contributed by atoms with Gasteiger partial charge in [-0.1, -0.05) is 0 Å². The molecule has 0 aromatic carbocycles. The number of nitrogens with one attached hydrogen (secondary N) is 2. The van der Waals surface area contributed by atoms with E-state index in [0.717, 1.165) is 0 Å². The first-order valence-electron chi connectivity index (χ1n) is 1.79. The number of rotatable bonds is 0. The average molecular weight is 88.1 g/mol. The summed E-state index contributed by atoms with van der Waals surface area (Å²) in [5.41, 5.74) is 5.17. The fraction of sp³-hybridized carbons (Fsp3) is 0.667. The zero-order valence-corrected chi connectivity index (χ0v) is 4.08. The van der Waals surface area contributed by atoms with Crippen LogP contribution in [0.4, 0.5) is 0 Å². The summed E-state index contributed by atoms with van der Waals surface area (Å²) < 4.78 is 0. The van der Waals surface area contributed by atoms with Crippen LogP contribution in [0.5, 0.6) is 0 Å². The van der Waals surface area contributed by atoms with Gasteiger partial charge in [0.15, 0.2) is 0 Å². The van der Waals surface area contributed by atoms with Crippen LogP contribution in [0.1, 0.15) is 0 Å². The molecule has 4 N–H and O–H groups in total. The third kappa shape index (κ3) is 1.58. The van der Waals surface area contributed by atoms with Crippen molar-refractivity contribution in [1.82, 2.24) is 5.32 Å². The van der Waals surface area contributed by atoms with E-state index in [1.165, 1.54) is 0 Å². The van der Waals surface area contributed by atoms with Gasteiger partial charge in [0.2, 0.25) is 0 Å². The van der Waals surface area contributed by atoms with Crippen molar-refractivity contribution in [2.75, 3.05) is 14.1 Å². The maximum Gasteiger partial charge on any atom is 0.340 e. The summed E-state index contributed by atoms with van der Waals surface area (Å²) >= 11 is 0. The summed E-state index contributed by atoms with van der Waals surface area (Å²) in [6, 6.07) is 0. The molecule has 0 aromatic heterocycles. The molecule has 0 aliphatic carbocycles. The minimum atomic E-state index is 0.593. The Labute approximate surface area is 37.3 Å². The first kappa shape index (κ1) is 5.27. The first-order chi connectivity index (χ1) is 2.81. The van der Waals surface area contributed by atoms with E-state index in [9.17, 15) is 0 Å². The molecule has 0 radical (unpaired) electrons. The fourth-order valence-corrected chi connectivity index (χ4v) is 0.125. The van der Waals surface area contributed by atoms with Gasteiger partial charge in [-0.05, 0) is 0 Å². The maximum absolute atomic E-state index is 5.17. The minimum absolute atomic E-state index is 0.593. The Bertz CT molecular complexity index is 57.1. The van der Waals surface area contributed by atoms with Gasteiger partial charge in [-0.25, -0.2) is 0 Å². The fourth-order valence-electron chi connectivity index (χ4n) is 0.125. The molecule has 0 rings (SSSR count). The van der Waals surface area contributed by atoms with Gasteiger partial charge in [0, 0.05) is 0 Å². The zero-order valence-electron chi connectivity index (χ0n) is 4.08. The molecule has 36 valence electrons. The monoisotopic (exact) mass is 88.1 g/mol. The Morgan fingerprint density at radius 2 is 2.33 bits per heavy atom. The van der Waals surface area contributed by atoms with Crippen LogP contribution in [-0.4, -0.2) is 20.1 Å². The van der Waals surface area contributed by atoms with Crippen LogP contribution in [0.3, 0.4) is 0 Å². The van der Waals surface area contributed by atoms with Crippen molar-refractivity contribution in [3.8, 4) is 0 Å². The van der Waals surface area contributed by atoms with Crippen LogP contribution in [0.2, 0.25) is 0 Å². The van der Waals surface area contributed by atoms with Crippen molar-refractivity contribution in [2.45, 2.75) is 0 Å². The number of nitrogens with two attached hydrogens (primary N) is 1. The number of hydrogen-bond acceptors (Lipinski definition) is 0. The molecular weight excluding hydrogens is 78.1 g/mol. The van der Waals surface area contributed by atoms with Crippen LogP contribution >= 0.6 is 0 Å². The summed E-state index contributed by atoms with van der Waals surface area (Å²) in [6.45, 7) is 0. The quantitative estimate of drug-likeness (QED) is 0.222. The first-order valence-corrected chi connectivity index (χ1v) is 1.79. The van der Waals surface area contributed by atoms with Crippen molar-refractivity contribution in [3.05, 3.63) is 0 Å². The second-order valence-electron chi connectivity index (χ2n) is 0.914. The highest BCUT2D eigenvalue weighted by molar-refractivity contribution is 5.70. The summed E-state index contributed by atoms with van der Waals surface area (Å²) in [5, 5.41) is 2.70. The van der Waals surface area contributed by atoms with Crippen molar-refractivity contribution in [1.29, 1.82) is 0 Å². The van der Waals surface area contributed by atoms with Crippen LogP contribution < -0.4 is 16.0 Å². The van der Waals surface area contributed by atoms with Crippen molar-refractivity contribution in [2.24, 2.45) is 5.73 Å². The summed E-state index contributed by atoms with van der Waals surface area (Å²) in [4.78, 5) is 2.70. The summed E-state index contributed by atoms with van der Waals surface area (Å²) in [6.07, 6.45) is 0. The molecular formula is C3H10N3+. The van der Waals surface area contributed by atoms with Crippen molar-refractivity contribution in [3.63, 3.8) is 0 Å². The van der Waals surface area contributed by atoms with Crippen LogP contribution in [-0.2, 0) is 0 Å². The van der Waals surface area contributed by atoms with E-state index in [1.807, 2.05) is 0 Å². The molecule has 0 saturated carbocycles. The highest BCUT2D eigenvalue weighted by atomic mass is 15.1. The van der Waals surface area contributed by atoms with E-state index in [0.29, 0.717) is 5.96 Å². The van der Waals surface area contributed by atoms with Crippen molar-refractivity contribution < 1.29 is 4.99 Å². The Hall–Kier alpha value is -0.730. The molecule has 0 bridgehead atoms. The molecule has 0 aliphatic heterocycles. The SMILES string of the molecule is CNC(N)=[NH+]C. The standard InChI is InChI=1S/C3H9N3/c1-5-3(4)6-2/h1-2H3,(H3,4,5,6)/p+1. The zero-order chi connectivity index (χ0) is 4.99. The third-order valence-corrected chi connectivity index (χ3v) is 0.539. The Morgan fingerprint density at radius 1 is 1.83 bits per heavy atom. The molecule has 0 amide bonds. The van der Waals surface area contributed by atoms with Gasteiger partial charge < -0.3 is 0 Å². The third-order valence-electron chi connectivity index (χ3n) is 0.539. The minimum Gasteiger partial charge on any atom is -0.291 e. The molecule has 6 heavy (non-hydrogen) atoms. The second-order valence-corrected chi connectivity index (χ2v) is 0.914. The van der Waals surface area contributed by atoms with Gasteiger partial charge in [0.25, 0.3) is 0 Å². The van der Waals surface area contributed by atoms with Gasteiger partial charge in [-0.2, -0.15) is 0 Å². The Balaban J connectivity index is 3.22. The van der Waals surface area contributed by atoms with E-state index in [4.69, 9.17) is 5.73 Å². The van der Waals surface area contributed by atoms with Gasteiger partial charge in [0.05, 0.1) is 14.1 Å². The summed E-state index contributed by atoms with van der Waals surface area (Å²) in [7, 11) is 3.51. The molecule has 0 heterocycles. The molecule has 0 atom stereocenters. The van der Waals surface area contributed by atoms with E-state index in [-0.39, 0.29) is 0 Å². The highest BCUT2D eigenvalue weighted by Crippen LogP contribution is 1.21. The summed E-state index contributed by atoms with van der Waals surface area (Å²) in [5.74, 6) is 0.593. The molecule has 0 spiro atoms. The molecule has 0 aromatic rings. The smallest absolute Gasteiger partial charge is 0.291 e. The van der Waals surface area contributed by atoms with Crippen LogP contribution in [0.15, 0.2) is 0 Å². The highest BCUT2D eigenvalue weighted by Gasteiger charge is 1.81. The normalized spacial score (nSPS) is 11.3. The average Bonchev–Trinajstić information content (AvgIpc) is 1.65. The maximum atomic E-state index is 5.17. The van der Waals surface area contributed by atoms with Gasteiger partial charge in [0.1, 0.15) is 0 Å². The van der Waals surface area contributed by atoms with E-state index in [1.54, 1.807) is 14.1 Å². The van der Waals surface area contributed by atoms with Gasteiger partial charge >= 0.3 is 5.96 Å². The lowest BCUT2D eigenvalue weighted by Gasteiger charge is -1.81. The van der Waals surface area contributed by atoms with Crippen LogP contribution in [0.25, 0.3) is 0 Å². The lowest BCUT2D eigenvalue weighted by Crippen LogP contribution is -2.74. The number of hydrogen-bond donors (Lipinski definition) is 3. The largest absolute Gasteiger partial charge is 0.340 e. The molecule has 0 fully saturated rings. The van der Waals surface area contributed by atoms with E-state index < -0.39 is 0 Å². The lowest BCUT2D eigenvalue weighted by atomic mass is 11.0. The molecule has 3 heteroatoms. The van der Waals surface area contributed by atoms with Gasteiger partial charge in [-0.3, -0.25) is 16.0 Å². The molecule has 0 aliphatic rings. The Morgan fingerprint density at radius 3 is 2.33 bits per heavy atom. The topological polar surface area (TPSA) is 52.0 Å². The van der Waals surface area contributed by atoms with E-state index >= 15 is 0 Å². The number of guanidine groups is 1. The van der Waals surface area contributed by atoms with Crippen molar-refractivity contribution >= 4 is 5.96 Å². The Kier molecular flexibility index (Phi) is 2.20. The second kappa shape index (κ2) is 2.50. The predicted molar refractivity (Wildman–Crippen MR) is 25.1 cm³/mol. The molecule has 0 unspecified atom stereocenters. The van der Waals surface area contributed by atoms with E-state index in [2.05, 4.69) is 10.3 Å². The van der Waals surface area contributed by atoms with Crippen LogP contribution in [0, 0.1) is 0 Å². The predicted octanol–water partition coefficient (Wildman–Crippen LogP) is -2.77.